The second kappa shape index (κ2) is 7.34. The lowest BCUT2D eigenvalue weighted by Crippen LogP contribution is -2.19. The minimum Gasteiger partial charge on any atom is -0.303 e. The van der Waals surface area contributed by atoms with E-state index in [0.29, 0.717) is 0 Å². The van der Waals surface area contributed by atoms with Crippen molar-refractivity contribution in [2.24, 2.45) is 0 Å². The lowest BCUT2D eigenvalue weighted by atomic mass is 10.1. The van der Waals surface area contributed by atoms with Crippen LogP contribution in [-0.2, 0) is 6.54 Å². The van der Waals surface area contributed by atoms with Gasteiger partial charge in [0, 0.05) is 6.54 Å². The first-order valence-corrected chi connectivity index (χ1v) is 6.51. The summed E-state index contributed by atoms with van der Waals surface area (Å²) in [7, 11) is 0. The molecule has 2 aromatic carbocycles. The highest BCUT2D eigenvalue weighted by atomic mass is 14.9. The molecule has 0 heterocycles. The zero-order chi connectivity index (χ0) is 13.3. The largest absolute Gasteiger partial charge is 0.303 e. The number of nitrogens with one attached hydrogen (secondary N) is 1. The molecule has 0 amide bonds. The standard InChI is InChI=1S/C18H19N/c1-2-3-14-18(17-12-8-5-9-13-17)19-15-16-10-6-4-7-11-16/h2-14,18-19H,1,15H2/b14-3+/t18-/m1/s1. The minimum absolute atomic E-state index is 0.208. The molecule has 1 nitrogen and oxygen atoms in total. The molecule has 0 aliphatic carbocycles. The van der Waals surface area contributed by atoms with Gasteiger partial charge >= 0.3 is 0 Å². The summed E-state index contributed by atoms with van der Waals surface area (Å²) in [4.78, 5) is 0. The minimum atomic E-state index is 0.208. The van der Waals surface area contributed by atoms with Gasteiger partial charge in [-0.05, 0) is 11.1 Å². The van der Waals surface area contributed by atoms with Gasteiger partial charge in [-0.25, -0.2) is 0 Å². The summed E-state index contributed by atoms with van der Waals surface area (Å²) in [5.41, 5.74) is 2.55. The number of hydrogen-bond acceptors (Lipinski definition) is 1. The van der Waals surface area contributed by atoms with Crippen molar-refractivity contribution in [2.75, 3.05) is 0 Å². The molecule has 0 spiro atoms. The van der Waals surface area contributed by atoms with Crippen LogP contribution >= 0.6 is 0 Å². The van der Waals surface area contributed by atoms with Crippen molar-refractivity contribution < 1.29 is 0 Å². The molecule has 96 valence electrons. The van der Waals surface area contributed by atoms with Gasteiger partial charge in [0.15, 0.2) is 0 Å². The normalized spacial score (nSPS) is 12.4. The molecule has 19 heavy (non-hydrogen) atoms. The van der Waals surface area contributed by atoms with Crippen LogP contribution in [0.3, 0.4) is 0 Å². The Labute approximate surface area is 115 Å². The van der Waals surface area contributed by atoms with Crippen LogP contribution in [0, 0.1) is 0 Å². The molecule has 0 radical (unpaired) electrons. The maximum Gasteiger partial charge on any atom is 0.0511 e. The highest BCUT2D eigenvalue weighted by molar-refractivity contribution is 5.24. The van der Waals surface area contributed by atoms with Crippen molar-refractivity contribution in [3.63, 3.8) is 0 Å². The quantitative estimate of drug-likeness (QED) is 0.754. The Balaban J connectivity index is 2.06. The monoisotopic (exact) mass is 249 g/mol. The van der Waals surface area contributed by atoms with E-state index in [1.807, 2.05) is 18.2 Å². The molecule has 0 bridgehead atoms. The van der Waals surface area contributed by atoms with Crippen LogP contribution in [0.2, 0.25) is 0 Å². The Bertz CT molecular complexity index is 514. The molecule has 1 heteroatoms. The Morgan fingerprint density at radius 1 is 0.947 bits per heavy atom. The summed E-state index contributed by atoms with van der Waals surface area (Å²) >= 11 is 0. The molecule has 0 saturated heterocycles. The van der Waals surface area contributed by atoms with Gasteiger partial charge in [0.05, 0.1) is 6.04 Å². The second-order valence-electron chi connectivity index (χ2n) is 4.38. The third-order valence-corrected chi connectivity index (χ3v) is 2.97. The molecule has 0 unspecified atom stereocenters. The Hall–Kier alpha value is -2.12. The van der Waals surface area contributed by atoms with E-state index in [4.69, 9.17) is 0 Å². The summed E-state index contributed by atoms with van der Waals surface area (Å²) in [6.07, 6.45) is 5.92. The number of benzene rings is 2. The molecular formula is C18H19N. The van der Waals surface area contributed by atoms with E-state index in [1.165, 1.54) is 11.1 Å². The second-order valence-corrected chi connectivity index (χ2v) is 4.38. The van der Waals surface area contributed by atoms with Crippen molar-refractivity contribution >= 4 is 0 Å². The van der Waals surface area contributed by atoms with Crippen molar-refractivity contribution in [1.82, 2.24) is 5.32 Å². The third kappa shape index (κ3) is 4.23. The van der Waals surface area contributed by atoms with Crippen LogP contribution in [0.4, 0.5) is 0 Å². The third-order valence-electron chi connectivity index (χ3n) is 2.97. The van der Waals surface area contributed by atoms with Gasteiger partial charge in [0.2, 0.25) is 0 Å². The van der Waals surface area contributed by atoms with Crippen LogP contribution in [0.5, 0.6) is 0 Å². The van der Waals surface area contributed by atoms with Crippen LogP contribution in [-0.4, -0.2) is 0 Å². The van der Waals surface area contributed by atoms with Gasteiger partial charge in [-0.3, -0.25) is 0 Å². The highest BCUT2D eigenvalue weighted by Gasteiger charge is 2.06. The van der Waals surface area contributed by atoms with Crippen molar-refractivity contribution in [3.05, 3.63) is 96.6 Å². The van der Waals surface area contributed by atoms with Crippen LogP contribution in [0.25, 0.3) is 0 Å². The van der Waals surface area contributed by atoms with Gasteiger partial charge in [-0.1, -0.05) is 85.5 Å². The molecule has 1 atom stereocenters. The van der Waals surface area contributed by atoms with Crippen LogP contribution in [0.15, 0.2) is 85.5 Å². The Kier molecular flexibility index (Phi) is 5.15. The van der Waals surface area contributed by atoms with Crippen molar-refractivity contribution in [2.45, 2.75) is 12.6 Å². The first-order valence-electron chi connectivity index (χ1n) is 6.51. The topological polar surface area (TPSA) is 12.0 Å². The number of allylic oxidation sites excluding steroid dienone is 2. The lowest BCUT2D eigenvalue weighted by molar-refractivity contribution is 0.621. The number of rotatable bonds is 6. The fourth-order valence-corrected chi connectivity index (χ4v) is 1.97. The first kappa shape index (κ1) is 13.3. The molecule has 2 aromatic rings. The van der Waals surface area contributed by atoms with E-state index >= 15 is 0 Å². The maximum absolute atomic E-state index is 3.73. The Morgan fingerprint density at radius 3 is 2.21 bits per heavy atom. The summed E-state index contributed by atoms with van der Waals surface area (Å²) in [5.74, 6) is 0. The SMILES string of the molecule is C=C/C=C/[C@@H](NCc1ccccc1)c1ccccc1. The summed E-state index contributed by atoms with van der Waals surface area (Å²) in [6.45, 7) is 4.58. The van der Waals surface area contributed by atoms with Gasteiger partial charge in [-0.15, -0.1) is 0 Å². The van der Waals surface area contributed by atoms with E-state index in [9.17, 15) is 0 Å². The zero-order valence-corrected chi connectivity index (χ0v) is 11.0. The molecule has 0 aliphatic rings. The van der Waals surface area contributed by atoms with E-state index in [0.717, 1.165) is 6.54 Å². The summed E-state index contributed by atoms with van der Waals surface area (Å²) in [5, 5.41) is 3.55. The average Bonchev–Trinajstić information content (AvgIpc) is 2.49. The molecule has 0 aliphatic heterocycles. The fraction of sp³-hybridized carbons (Fsp3) is 0.111. The van der Waals surface area contributed by atoms with Gasteiger partial charge in [0.25, 0.3) is 0 Å². The van der Waals surface area contributed by atoms with E-state index < -0.39 is 0 Å². The zero-order valence-electron chi connectivity index (χ0n) is 11.0. The molecule has 1 N–H and O–H groups in total. The maximum atomic E-state index is 3.73. The average molecular weight is 249 g/mol. The fourth-order valence-electron chi connectivity index (χ4n) is 1.97. The predicted molar refractivity (Wildman–Crippen MR) is 81.8 cm³/mol. The highest BCUT2D eigenvalue weighted by Crippen LogP contribution is 2.15. The van der Waals surface area contributed by atoms with Crippen molar-refractivity contribution in [1.29, 1.82) is 0 Å². The number of hydrogen-bond donors (Lipinski definition) is 1. The molecule has 0 aromatic heterocycles. The van der Waals surface area contributed by atoms with Gasteiger partial charge in [0.1, 0.15) is 0 Å². The smallest absolute Gasteiger partial charge is 0.0511 e. The van der Waals surface area contributed by atoms with E-state index in [2.05, 4.69) is 66.5 Å². The molecular weight excluding hydrogens is 230 g/mol. The van der Waals surface area contributed by atoms with E-state index in [1.54, 1.807) is 6.08 Å². The Morgan fingerprint density at radius 2 is 1.58 bits per heavy atom. The molecule has 0 fully saturated rings. The van der Waals surface area contributed by atoms with Gasteiger partial charge < -0.3 is 5.32 Å². The summed E-state index contributed by atoms with van der Waals surface area (Å²) < 4.78 is 0. The lowest BCUT2D eigenvalue weighted by Gasteiger charge is -2.15. The van der Waals surface area contributed by atoms with Crippen molar-refractivity contribution in [3.8, 4) is 0 Å². The van der Waals surface area contributed by atoms with Crippen LogP contribution in [0.1, 0.15) is 17.2 Å². The van der Waals surface area contributed by atoms with E-state index in [-0.39, 0.29) is 6.04 Å². The van der Waals surface area contributed by atoms with Gasteiger partial charge in [-0.2, -0.15) is 0 Å². The van der Waals surface area contributed by atoms with Crippen LogP contribution < -0.4 is 5.32 Å². The first-order chi connectivity index (χ1) is 9.40. The predicted octanol–water partition coefficient (Wildman–Crippen LogP) is 4.26. The molecule has 0 saturated carbocycles. The molecule has 2 rings (SSSR count). The summed E-state index contributed by atoms with van der Waals surface area (Å²) in [6, 6.07) is 21.1.